The Bertz CT molecular complexity index is 801. The van der Waals surface area contributed by atoms with E-state index in [0.717, 1.165) is 11.8 Å². The number of nitro benzene ring substituents is 1. The Morgan fingerprint density at radius 1 is 1.14 bits per heavy atom. The number of allylic oxidation sites excluding steroid dienone is 1. The van der Waals surface area contributed by atoms with Gasteiger partial charge in [0, 0.05) is 11.6 Å². The lowest BCUT2D eigenvalue weighted by molar-refractivity contribution is -0.385. The molecule has 1 aliphatic heterocycles. The van der Waals surface area contributed by atoms with Gasteiger partial charge in [0.25, 0.3) is 5.69 Å². The van der Waals surface area contributed by atoms with Crippen molar-refractivity contribution in [1.29, 1.82) is 0 Å². The number of para-hydroxylation sites is 1. The number of nitrogens with zero attached hydrogens (tertiary/aromatic N) is 1. The number of carbonyl (C=O) groups is 1. The van der Waals surface area contributed by atoms with Gasteiger partial charge >= 0.3 is 0 Å². The van der Waals surface area contributed by atoms with Crippen LogP contribution in [0, 0.1) is 15.9 Å². The Balaban J connectivity index is 2.06. The maximum absolute atomic E-state index is 13.7. The number of ketones is 1. The summed E-state index contributed by atoms with van der Waals surface area (Å²) < 4.78 is 13.7. The fourth-order valence-corrected chi connectivity index (χ4v) is 3.14. The van der Waals surface area contributed by atoms with Gasteiger partial charge in [-0.1, -0.05) is 30.0 Å². The zero-order valence-electron chi connectivity index (χ0n) is 10.6. The summed E-state index contributed by atoms with van der Waals surface area (Å²) in [5.74, 6) is -0.774. The van der Waals surface area contributed by atoms with Crippen molar-refractivity contribution >= 4 is 29.3 Å². The molecule has 0 unspecified atom stereocenters. The van der Waals surface area contributed by atoms with Crippen molar-refractivity contribution in [2.24, 2.45) is 0 Å². The number of halogens is 1. The van der Waals surface area contributed by atoms with E-state index in [1.54, 1.807) is 24.3 Å². The van der Waals surface area contributed by atoms with Gasteiger partial charge in [0.1, 0.15) is 5.82 Å². The molecule has 104 valence electrons. The molecule has 0 atom stereocenters. The van der Waals surface area contributed by atoms with Gasteiger partial charge in [-0.15, -0.1) is 0 Å². The zero-order valence-corrected chi connectivity index (χ0v) is 11.4. The predicted molar refractivity (Wildman–Crippen MR) is 77.7 cm³/mol. The number of hydrogen-bond donors (Lipinski definition) is 0. The van der Waals surface area contributed by atoms with E-state index in [0.29, 0.717) is 11.1 Å². The molecular weight excluding hydrogens is 293 g/mol. The minimum Gasteiger partial charge on any atom is -0.288 e. The van der Waals surface area contributed by atoms with Crippen LogP contribution in [0.2, 0.25) is 0 Å². The van der Waals surface area contributed by atoms with Crippen molar-refractivity contribution in [3.63, 3.8) is 0 Å². The number of nitro groups is 1. The topological polar surface area (TPSA) is 60.2 Å². The predicted octanol–water partition coefficient (Wildman–Crippen LogP) is 4.06. The van der Waals surface area contributed by atoms with Gasteiger partial charge in [0.05, 0.1) is 20.3 Å². The lowest BCUT2D eigenvalue weighted by Crippen LogP contribution is -1.96. The second-order valence-corrected chi connectivity index (χ2v) is 5.42. The lowest BCUT2D eigenvalue weighted by Gasteiger charge is -1.98. The molecule has 0 fully saturated rings. The van der Waals surface area contributed by atoms with Crippen molar-refractivity contribution in [3.8, 4) is 0 Å². The molecule has 0 saturated carbocycles. The number of hydrogen-bond acceptors (Lipinski definition) is 4. The van der Waals surface area contributed by atoms with E-state index in [-0.39, 0.29) is 21.3 Å². The average Bonchev–Trinajstić information content (AvgIpc) is 2.78. The first kappa shape index (κ1) is 13.5. The summed E-state index contributed by atoms with van der Waals surface area (Å²) in [6.45, 7) is 0. The van der Waals surface area contributed by atoms with Crippen LogP contribution >= 0.6 is 11.8 Å². The second-order valence-electron chi connectivity index (χ2n) is 4.37. The summed E-state index contributed by atoms with van der Waals surface area (Å²) in [5, 5.41) is 11.0. The number of fused-ring (bicyclic) bond motifs is 1. The molecule has 2 aromatic carbocycles. The summed E-state index contributed by atoms with van der Waals surface area (Å²) in [4.78, 5) is 23.2. The van der Waals surface area contributed by atoms with Crippen LogP contribution in [0.15, 0.2) is 52.3 Å². The first-order chi connectivity index (χ1) is 10.1. The maximum Gasteiger partial charge on any atom is 0.276 e. The molecular formula is C15H8FNO3S. The second kappa shape index (κ2) is 5.14. The van der Waals surface area contributed by atoms with Crippen LogP contribution in [-0.4, -0.2) is 10.7 Å². The number of carbonyl (C=O) groups excluding carboxylic acids is 1. The smallest absolute Gasteiger partial charge is 0.276 e. The van der Waals surface area contributed by atoms with E-state index < -0.39 is 10.7 Å². The molecule has 4 nitrogen and oxygen atoms in total. The van der Waals surface area contributed by atoms with Gasteiger partial charge in [0.2, 0.25) is 5.78 Å². The molecule has 0 spiro atoms. The molecule has 3 rings (SSSR count). The summed E-state index contributed by atoms with van der Waals surface area (Å²) in [7, 11) is 0. The Labute approximate surface area is 123 Å². The van der Waals surface area contributed by atoms with Gasteiger partial charge in [-0.3, -0.25) is 14.9 Å². The van der Waals surface area contributed by atoms with Crippen molar-refractivity contribution in [1.82, 2.24) is 0 Å². The van der Waals surface area contributed by atoms with Crippen LogP contribution in [0.25, 0.3) is 6.08 Å². The molecule has 6 heteroatoms. The number of benzene rings is 2. The largest absolute Gasteiger partial charge is 0.288 e. The molecule has 1 aliphatic rings. The Morgan fingerprint density at radius 3 is 2.62 bits per heavy atom. The lowest BCUT2D eigenvalue weighted by atomic mass is 10.1. The Hall–Kier alpha value is -2.47. The van der Waals surface area contributed by atoms with Crippen molar-refractivity contribution in [3.05, 3.63) is 74.4 Å². The highest BCUT2D eigenvalue weighted by Gasteiger charge is 2.29. The number of rotatable bonds is 2. The fourth-order valence-electron chi connectivity index (χ4n) is 2.09. The quantitative estimate of drug-likeness (QED) is 0.477. The van der Waals surface area contributed by atoms with Crippen LogP contribution in [-0.2, 0) is 0 Å². The average molecular weight is 301 g/mol. The highest BCUT2D eigenvalue weighted by Crippen LogP contribution is 2.42. The molecule has 0 aliphatic carbocycles. The van der Waals surface area contributed by atoms with Crippen molar-refractivity contribution in [2.45, 2.75) is 4.90 Å². The highest BCUT2D eigenvalue weighted by atomic mass is 32.2. The van der Waals surface area contributed by atoms with Crippen LogP contribution in [0.4, 0.5) is 10.1 Å². The zero-order chi connectivity index (χ0) is 15.0. The molecule has 0 amide bonds. The van der Waals surface area contributed by atoms with Gasteiger partial charge in [-0.2, -0.15) is 0 Å². The van der Waals surface area contributed by atoms with Crippen molar-refractivity contribution in [2.75, 3.05) is 0 Å². The van der Waals surface area contributed by atoms with Crippen molar-refractivity contribution < 1.29 is 14.1 Å². The highest BCUT2D eigenvalue weighted by molar-refractivity contribution is 8.04. The Morgan fingerprint density at radius 2 is 1.90 bits per heavy atom. The minimum absolute atomic E-state index is 0.0881. The first-order valence-corrected chi connectivity index (χ1v) is 6.86. The third-order valence-electron chi connectivity index (χ3n) is 3.07. The summed E-state index contributed by atoms with van der Waals surface area (Å²) >= 11 is 1.00. The molecule has 0 N–H and O–H groups in total. The minimum atomic E-state index is -0.510. The molecule has 1 heterocycles. The van der Waals surface area contributed by atoms with Crippen LogP contribution < -0.4 is 0 Å². The molecule has 21 heavy (non-hydrogen) atoms. The van der Waals surface area contributed by atoms with Gasteiger partial charge in [-0.25, -0.2) is 4.39 Å². The van der Waals surface area contributed by atoms with Crippen LogP contribution in [0.5, 0.6) is 0 Å². The third-order valence-corrected chi connectivity index (χ3v) is 4.21. The molecule has 0 bridgehead atoms. The van der Waals surface area contributed by atoms with E-state index in [1.807, 2.05) is 0 Å². The summed E-state index contributed by atoms with van der Waals surface area (Å²) in [6, 6.07) is 10.4. The third kappa shape index (κ3) is 2.34. The van der Waals surface area contributed by atoms with Crippen LogP contribution in [0.3, 0.4) is 0 Å². The van der Waals surface area contributed by atoms with E-state index in [4.69, 9.17) is 0 Å². The first-order valence-electron chi connectivity index (χ1n) is 6.04. The van der Waals surface area contributed by atoms with E-state index >= 15 is 0 Å². The standard InChI is InChI=1S/C15H8FNO3S/c16-11-6-3-5-10-14(18)13(21-15(10)11)8-9-4-1-2-7-12(9)17(19)20/h1-8H/b13-8+. The fraction of sp³-hybridized carbons (Fsp3) is 0. The number of Topliss-reactive ketones (excluding diaryl/α,β-unsaturated/α-hetero) is 1. The van der Waals surface area contributed by atoms with E-state index in [1.165, 1.54) is 24.3 Å². The maximum atomic E-state index is 13.7. The normalized spacial score (nSPS) is 15.3. The Kier molecular flexibility index (Phi) is 3.31. The number of thioether (sulfide) groups is 1. The summed E-state index contributed by atoms with van der Waals surface area (Å²) in [6.07, 6.45) is 1.44. The van der Waals surface area contributed by atoms with Gasteiger partial charge in [-0.05, 0) is 24.3 Å². The molecule has 0 saturated heterocycles. The molecule has 0 aromatic heterocycles. The van der Waals surface area contributed by atoms with Gasteiger partial charge in [0.15, 0.2) is 0 Å². The van der Waals surface area contributed by atoms with Gasteiger partial charge < -0.3 is 0 Å². The van der Waals surface area contributed by atoms with Crippen LogP contribution in [0.1, 0.15) is 15.9 Å². The summed E-state index contributed by atoms with van der Waals surface area (Å²) in [5.41, 5.74) is 0.534. The molecule has 2 aromatic rings. The van der Waals surface area contributed by atoms with E-state index in [9.17, 15) is 19.3 Å². The SMILES string of the molecule is O=C1/C(=C\c2ccccc2[N+](=O)[O-])Sc2c(F)cccc21. The monoisotopic (exact) mass is 301 g/mol. The van der Waals surface area contributed by atoms with E-state index in [2.05, 4.69) is 0 Å². The molecule has 0 radical (unpaired) electrons.